The molecule has 0 spiro atoms. The Labute approximate surface area is 161 Å². The van der Waals surface area contributed by atoms with Gasteiger partial charge in [-0.3, -0.25) is 0 Å². The summed E-state index contributed by atoms with van der Waals surface area (Å²) < 4.78 is 15.4. The molecule has 0 unspecified atom stereocenters. The van der Waals surface area contributed by atoms with E-state index in [0.29, 0.717) is 11.3 Å². The van der Waals surface area contributed by atoms with Crippen LogP contribution in [0.15, 0.2) is 60.7 Å². The van der Waals surface area contributed by atoms with Crippen LogP contribution in [-0.2, 0) is 9.31 Å². The molecule has 1 aromatic rings. The van der Waals surface area contributed by atoms with E-state index >= 15 is 0 Å². The van der Waals surface area contributed by atoms with Gasteiger partial charge in [-0.25, -0.2) is 0 Å². The first-order chi connectivity index (χ1) is 12.1. The molecular weight excluding hydrogens is 343 g/mol. The Balaban J connectivity index is 1.85. The lowest BCUT2D eigenvalue weighted by Gasteiger charge is -2.32. The first-order valence-corrected chi connectivity index (χ1v) is 9.41. The first kappa shape index (κ1) is 20.4. The number of nitriles is 1. The maximum Gasteiger partial charge on any atom is 0.494 e. The number of nitrogens with one attached hydrogen (secondary N) is 1. The Kier molecular flexibility index (Phi) is 6.41. The van der Waals surface area contributed by atoms with Crippen molar-refractivity contribution in [3.63, 3.8) is 0 Å². The summed E-state index contributed by atoms with van der Waals surface area (Å²) in [5, 5.41) is 8.66. The number of rotatable bonds is 7. The van der Waals surface area contributed by atoms with Crippen molar-refractivity contribution in [3.05, 3.63) is 60.7 Å². The molecule has 1 N–H and O–H groups in total. The van der Waals surface area contributed by atoms with Crippen LogP contribution in [0.25, 0.3) is 0 Å². The summed E-state index contributed by atoms with van der Waals surface area (Å²) in [5.41, 5.74) is 2.65. The van der Waals surface area contributed by atoms with E-state index in [-0.39, 0.29) is 18.3 Å². The molecule has 0 aromatic heterocycles. The van der Waals surface area contributed by atoms with Crippen LogP contribution in [0, 0.1) is 11.3 Å². The molecule has 26 heavy (non-hydrogen) atoms. The standard InChI is InChI=1S/C20H25BN2O2S/c1-15(13-22)7-8-16(2)14-26-23-18-11-9-17(10-12-18)21-24-19(3,4)20(5,6)25-21/h7-12,23H,1-2,14H2,3-6H3/b8-7-. The van der Waals surface area contributed by atoms with Crippen LogP contribution >= 0.6 is 11.9 Å². The SMILES string of the molecule is C=C(C#N)/C=C\C(=C)CSNc1ccc(B2OC(C)(C)C(C)(C)O2)cc1. The van der Waals surface area contributed by atoms with E-state index in [0.717, 1.165) is 16.7 Å². The maximum absolute atomic E-state index is 8.66. The average molecular weight is 368 g/mol. The van der Waals surface area contributed by atoms with E-state index in [2.05, 4.69) is 17.9 Å². The minimum absolute atomic E-state index is 0.338. The zero-order chi connectivity index (χ0) is 19.4. The van der Waals surface area contributed by atoms with Crippen molar-refractivity contribution in [3.8, 4) is 6.07 Å². The second kappa shape index (κ2) is 8.17. The van der Waals surface area contributed by atoms with E-state index in [1.54, 1.807) is 6.08 Å². The van der Waals surface area contributed by atoms with Crippen LogP contribution in [-0.4, -0.2) is 24.1 Å². The monoisotopic (exact) mass is 368 g/mol. The molecule has 0 atom stereocenters. The molecule has 6 heteroatoms. The summed E-state index contributed by atoms with van der Waals surface area (Å²) in [5.74, 6) is 0.703. The van der Waals surface area contributed by atoms with Crippen molar-refractivity contribution in [2.45, 2.75) is 38.9 Å². The summed E-state index contributed by atoms with van der Waals surface area (Å²) in [4.78, 5) is 0. The molecule has 4 nitrogen and oxygen atoms in total. The summed E-state index contributed by atoms with van der Waals surface area (Å²) in [6.45, 7) is 15.7. The van der Waals surface area contributed by atoms with Gasteiger partial charge in [-0.05, 0) is 68.9 Å². The molecule has 0 amide bonds. The quantitative estimate of drug-likeness (QED) is 0.338. The number of hydrogen-bond donors (Lipinski definition) is 1. The number of benzene rings is 1. The largest absolute Gasteiger partial charge is 0.494 e. The number of nitrogens with zero attached hydrogens (tertiary/aromatic N) is 1. The van der Waals surface area contributed by atoms with Gasteiger partial charge in [-0.15, -0.1) is 0 Å². The predicted octanol–water partition coefficient (Wildman–Crippen LogP) is 4.24. The highest BCUT2D eigenvalue weighted by Gasteiger charge is 2.51. The van der Waals surface area contributed by atoms with Gasteiger partial charge in [0.15, 0.2) is 0 Å². The van der Waals surface area contributed by atoms with E-state index in [9.17, 15) is 0 Å². The molecule has 136 valence electrons. The molecule has 0 bridgehead atoms. The summed E-state index contributed by atoms with van der Waals surface area (Å²) in [7, 11) is -0.347. The van der Waals surface area contributed by atoms with Gasteiger partial charge in [-0.2, -0.15) is 5.26 Å². The van der Waals surface area contributed by atoms with E-state index in [1.807, 2.05) is 64.1 Å². The highest BCUT2D eigenvalue weighted by atomic mass is 32.2. The minimum Gasteiger partial charge on any atom is -0.399 e. The molecule has 0 radical (unpaired) electrons. The fourth-order valence-electron chi connectivity index (χ4n) is 2.20. The van der Waals surface area contributed by atoms with Crippen molar-refractivity contribution in [1.82, 2.24) is 0 Å². The number of anilines is 1. The lowest BCUT2D eigenvalue weighted by atomic mass is 9.79. The first-order valence-electron chi connectivity index (χ1n) is 8.43. The van der Waals surface area contributed by atoms with Gasteiger partial charge < -0.3 is 14.0 Å². The fraction of sp³-hybridized carbons (Fsp3) is 0.350. The molecule has 1 aliphatic heterocycles. The Morgan fingerprint density at radius 2 is 1.73 bits per heavy atom. The maximum atomic E-state index is 8.66. The average Bonchev–Trinajstić information content (AvgIpc) is 2.81. The lowest BCUT2D eigenvalue weighted by Crippen LogP contribution is -2.41. The highest BCUT2D eigenvalue weighted by Crippen LogP contribution is 2.36. The van der Waals surface area contributed by atoms with Gasteiger partial charge in [0.2, 0.25) is 0 Å². The second-order valence-corrected chi connectivity index (χ2v) is 8.01. The van der Waals surface area contributed by atoms with Gasteiger partial charge >= 0.3 is 7.12 Å². The van der Waals surface area contributed by atoms with Crippen molar-refractivity contribution in [2.75, 3.05) is 10.5 Å². The van der Waals surface area contributed by atoms with Gasteiger partial charge in [0.1, 0.15) is 0 Å². The van der Waals surface area contributed by atoms with E-state index in [4.69, 9.17) is 14.6 Å². The molecule has 0 saturated carbocycles. The fourth-order valence-corrected chi connectivity index (χ4v) is 2.86. The molecule has 1 fully saturated rings. The molecule has 1 saturated heterocycles. The molecule has 1 aromatic carbocycles. The molecule has 1 aliphatic rings. The summed E-state index contributed by atoms with van der Waals surface area (Å²) in [6.07, 6.45) is 3.48. The Hall–Kier alpha value is -1.94. The van der Waals surface area contributed by atoms with Gasteiger partial charge in [0.25, 0.3) is 0 Å². The Morgan fingerprint density at radius 1 is 1.15 bits per heavy atom. The molecular formula is C20H25BN2O2S. The summed E-state index contributed by atoms with van der Waals surface area (Å²) in [6, 6.07) is 10.0. The summed E-state index contributed by atoms with van der Waals surface area (Å²) >= 11 is 1.54. The Morgan fingerprint density at radius 3 is 2.27 bits per heavy atom. The van der Waals surface area contributed by atoms with Crippen molar-refractivity contribution in [2.24, 2.45) is 0 Å². The van der Waals surface area contributed by atoms with Crippen LogP contribution in [0.1, 0.15) is 27.7 Å². The van der Waals surface area contributed by atoms with Crippen molar-refractivity contribution < 1.29 is 9.31 Å². The molecule has 0 aliphatic carbocycles. The Bertz CT molecular complexity index is 732. The smallest absolute Gasteiger partial charge is 0.399 e. The van der Waals surface area contributed by atoms with Crippen molar-refractivity contribution >= 4 is 30.2 Å². The van der Waals surface area contributed by atoms with Crippen molar-refractivity contribution in [1.29, 1.82) is 5.26 Å². The predicted molar refractivity (Wildman–Crippen MR) is 111 cm³/mol. The zero-order valence-electron chi connectivity index (χ0n) is 15.8. The number of hydrogen-bond acceptors (Lipinski definition) is 5. The normalized spacial score (nSPS) is 17.9. The highest BCUT2D eigenvalue weighted by molar-refractivity contribution is 8.00. The van der Waals surface area contributed by atoms with Crippen LogP contribution in [0.5, 0.6) is 0 Å². The van der Waals surface area contributed by atoms with Crippen LogP contribution in [0.2, 0.25) is 0 Å². The van der Waals surface area contributed by atoms with Crippen LogP contribution in [0.4, 0.5) is 5.69 Å². The van der Waals surface area contributed by atoms with Gasteiger partial charge in [0.05, 0.1) is 17.3 Å². The number of allylic oxidation sites excluding steroid dienone is 3. The molecule has 2 rings (SSSR count). The lowest BCUT2D eigenvalue weighted by molar-refractivity contribution is 0.00578. The van der Waals surface area contributed by atoms with Crippen LogP contribution < -0.4 is 10.2 Å². The molecule has 1 heterocycles. The van der Waals surface area contributed by atoms with Gasteiger partial charge in [0, 0.05) is 17.0 Å². The third-order valence-corrected chi connectivity index (χ3v) is 5.44. The topological polar surface area (TPSA) is 54.3 Å². The zero-order valence-corrected chi connectivity index (χ0v) is 16.7. The third-order valence-electron chi connectivity index (χ3n) is 4.55. The van der Waals surface area contributed by atoms with Crippen LogP contribution in [0.3, 0.4) is 0 Å². The third kappa shape index (κ3) is 5.04. The van der Waals surface area contributed by atoms with E-state index in [1.165, 1.54) is 11.9 Å². The minimum atomic E-state index is -0.347. The second-order valence-electron chi connectivity index (χ2n) is 7.23. The van der Waals surface area contributed by atoms with Gasteiger partial charge in [-0.1, -0.05) is 31.4 Å². The van der Waals surface area contributed by atoms with E-state index < -0.39 is 0 Å².